The first-order valence-corrected chi connectivity index (χ1v) is 8.60. The summed E-state index contributed by atoms with van der Waals surface area (Å²) in [6, 6.07) is 5.45. The molecule has 0 unspecified atom stereocenters. The maximum absolute atomic E-state index is 12.8. The average Bonchev–Trinajstić information content (AvgIpc) is 2.48. The Kier molecular flexibility index (Phi) is 8.25. The molecule has 132 valence electrons. The molecule has 0 aliphatic carbocycles. The Labute approximate surface area is 145 Å². The number of benzene rings is 1. The van der Waals surface area contributed by atoms with E-state index in [1.807, 2.05) is 13.8 Å². The predicted octanol–water partition coefficient (Wildman–Crippen LogP) is 1.48. The number of nitrogens with one attached hydrogen (secondary N) is 2. The molecule has 0 saturated carbocycles. The molecule has 0 aliphatic heterocycles. The van der Waals surface area contributed by atoms with Crippen molar-refractivity contribution in [2.75, 3.05) is 30.4 Å². The van der Waals surface area contributed by atoms with Crippen LogP contribution < -0.4 is 10.6 Å². The molecule has 8 heteroatoms. The fraction of sp³-hybridized carbons (Fsp3) is 0.438. The number of hydrogen-bond donors (Lipinski definition) is 2. The molecule has 0 aromatic heterocycles. The summed E-state index contributed by atoms with van der Waals surface area (Å²) >= 11 is 1.15. The number of amides is 3. The fourth-order valence-corrected chi connectivity index (χ4v) is 2.50. The van der Waals surface area contributed by atoms with E-state index < -0.39 is 0 Å². The average molecular weight is 355 g/mol. The number of rotatable bonds is 8. The van der Waals surface area contributed by atoms with Gasteiger partial charge in [-0.1, -0.05) is 0 Å². The number of carbonyl (C=O) groups excluding carboxylic acids is 3. The van der Waals surface area contributed by atoms with Gasteiger partial charge >= 0.3 is 0 Å². The third kappa shape index (κ3) is 7.96. The van der Waals surface area contributed by atoms with Gasteiger partial charge in [0, 0.05) is 18.8 Å². The number of thioether (sulfide) groups is 1. The van der Waals surface area contributed by atoms with Crippen LogP contribution in [0.4, 0.5) is 10.1 Å². The predicted molar refractivity (Wildman–Crippen MR) is 93.3 cm³/mol. The van der Waals surface area contributed by atoms with E-state index in [0.717, 1.165) is 11.8 Å². The van der Waals surface area contributed by atoms with E-state index in [9.17, 15) is 18.8 Å². The van der Waals surface area contributed by atoms with Crippen molar-refractivity contribution in [2.24, 2.45) is 0 Å². The van der Waals surface area contributed by atoms with E-state index in [2.05, 4.69) is 10.6 Å². The van der Waals surface area contributed by atoms with Crippen LogP contribution in [-0.2, 0) is 14.4 Å². The minimum atomic E-state index is -0.377. The molecular weight excluding hydrogens is 333 g/mol. The Hall–Kier alpha value is -2.09. The van der Waals surface area contributed by atoms with Crippen molar-refractivity contribution in [3.05, 3.63) is 30.1 Å². The molecule has 1 aromatic carbocycles. The van der Waals surface area contributed by atoms with Crippen LogP contribution in [0.3, 0.4) is 0 Å². The highest BCUT2D eigenvalue weighted by molar-refractivity contribution is 8.00. The van der Waals surface area contributed by atoms with Gasteiger partial charge in [-0.2, -0.15) is 0 Å². The number of anilines is 1. The van der Waals surface area contributed by atoms with Gasteiger partial charge in [-0.15, -0.1) is 11.8 Å². The lowest BCUT2D eigenvalue weighted by Crippen LogP contribution is -2.41. The standard InChI is InChI=1S/C16H22FN3O3S/c1-11(2)18-14(21)8-20(3)16(23)10-24-9-15(22)19-13-6-4-12(17)5-7-13/h4-7,11H,8-10H2,1-3H3,(H,18,21)(H,19,22). The second-order valence-electron chi connectivity index (χ2n) is 5.52. The van der Waals surface area contributed by atoms with Crippen LogP contribution in [0.2, 0.25) is 0 Å². The smallest absolute Gasteiger partial charge is 0.239 e. The zero-order valence-corrected chi connectivity index (χ0v) is 14.8. The maximum atomic E-state index is 12.8. The van der Waals surface area contributed by atoms with Crippen LogP contribution in [0.15, 0.2) is 24.3 Å². The SMILES string of the molecule is CC(C)NC(=O)CN(C)C(=O)CSCC(=O)Nc1ccc(F)cc1. The molecule has 3 amide bonds. The summed E-state index contributed by atoms with van der Waals surface area (Å²) in [7, 11) is 1.54. The molecular formula is C16H22FN3O3S. The third-order valence-corrected chi connectivity index (χ3v) is 3.76. The molecule has 0 radical (unpaired) electrons. The number of nitrogens with zero attached hydrogens (tertiary/aromatic N) is 1. The molecule has 0 aliphatic rings. The summed E-state index contributed by atoms with van der Waals surface area (Å²) in [5, 5.41) is 5.31. The highest BCUT2D eigenvalue weighted by Crippen LogP contribution is 2.09. The number of hydrogen-bond acceptors (Lipinski definition) is 4. The first kappa shape index (κ1) is 20.0. The zero-order valence-electron chi connectivity index (χ0n) is 14.0. The third-order valence-electron chi connectivity index (χ3n) is 2.84. The lowest BCUT2D eigenvalue weighted by atomic mass is 10.3. The van der Waals surface area contributed by atoms with Crippen LogP contribution in [0.1, 0.15) is 13.8 Å². The Morgan fingerprint density at radius 3 is 2.33 bits per heavy atom. The van der Waals surface area contributed by atoms with Gasteiger partial charge in [-0.05, 0) is 38.1 Å². The van der Waals surface area contributed by atoms with Crippen LogP contribution in [0.25, 0.3) is 0 Å². The molecule has 1 aromatic rings. The lowest BCUT2D eigenvalue weighted by molar-refractivity contribution is -0.132. The van der Waals surface area contributed by atoms with E-state index in [1.165, 1.54) is 29.2 Å². The summed E-state index contributed by atoms with van der Waals surface area (Å²) in [6.45, 7) is 3.67. The summed E-state index contributed by atoms with van der Waals surface area (Å²) in [5.41, 5.74) is 0.496. The van der Waals surface area contributed by atoms with Crippen molar-refractivity contribution >= 4 is 35.2 Å². The summed E-state index contributed by atoms with van der Waals surface area (Å²) in [4.78, 5) is 36.5. The molecule has 0 saturated heterocycles. The van der Waals surface area contributed by atoms with Crippen molar-refractivity contribution < 1.29 is 18.8 Å². The Morgan fingerprint density at radius 1 is 1.12 bits per heavy atom. The lowest BCUT2D eigenvalue weighted by Gasteiger charge is -2.17. The monoisotopic (exact) mass is 355 g/mol. The van der Waals surface area contributed by atoms with Gasteiger partial charge in [0.1, 0.15) is 5.82 Å². The van der Waals surface area contributed by atoms with E-state index in [1.54, 1.807) is 7.05 Å². The van der Waals surface area contributed by atoms with Gasteiger partial charge in [0.25, 0.3) is 0 Å². The molecule has 0 spiro atoms. The minimum absolute atomic E-state index is 0.0145. The van der Waals surface area contributed by atoms with Gasteiger partial charge in [0.2, 0.25) is 17.7 Å². The van der Waals surface area contributed by atoms with Crippen molar-refractivity contribution in [1.82, 2.24) is 10.2 Å². The second kappa shape index (κ2) is 9.92. The van der Waals surface area contributed by atoms with Gasteiger partial charge in [0.05, 0.1) is 18.1 Å². The summed E-state index contributed by atoms with van der Waals surface area (Å²) in [6.07, 6.45) is 0. The molecule has 2 N–H and O–H groups in total. The van der Waals surface area contributed by atoms with Gasteiger partial charge in [-0.3, -0.25) is 14.4 Å². The van der Waals surface area contributed by atoms with Crippen molar-refractivity contribution in [3.63, 3.8) is 0 Å². The molecule has 24 heavy (non-hydrogen) atoms. The maximum Gasteiger partial charge on any atom is 0.239 e. The van der Waals surface area contributed by atoms with E-state index in [-0.39, 0.29) is 47.6 Å². The second-order valence-corrected chi connectivity index (χ2v) is 6.51. The summed E-state index contributed by atoms with van der Waals surface area (Å²) in [5.74, 6) is -0.914. The van der Waals surface area contributed by atoms with E-state index >= 15 is 0 Å². The fourth-order valence-electron chi connectivity index (χ4n) is 1.74. The quantitative estimate of drug-likeness (QED) is 0.740. The van der Waals surface area contributed by atoms with Crippen LogP contribution in [0, 0.1) is 5.82 Å². The van der Waals surface area contributed by atoms with Crippen LogP contribution >= 0.6 is 11.8 Å². The molecule has 1 rings (SSSR count). The molecule has 0 heterocycles. The highest BCUT2D eigenvalue weighted by Gasteiger charge is 2.14. The highest BCUT2D eigenvalue weighted by atomic mass is 32.2. The van der Waals surface area contributed by atoms with Crippen molar-refractivity contribution in [1.29, 1.82) is 0 Å². The van der Waals surface area contributed by atoms with E-state index in [4.69, 9.17) is 0 Å². The normalized spacial score (nSPS) is 10.4. The first-order chi connectivity index (χ1) is 11.3. The topological polar surface area (TPSA) is 78.5 Å². The largest absolute Gasteiger partial charge is 0.352 e. The number of likely N-dealkylation sites (N-methyl/N-ethyl adjacent to an activating group) is 1. The van der Waals surface area contributed by atoms with Crippen LogP contribution in [-0.4, -0.2) is 53.8 Å². The van der Waals surface area contributed by atoms with E-state index in [0.29, 0.717) is 5.69 Å². The first-order valence-electron chi connectivity index (χ1n) is 7.44. The molecule has 0 bridgehead atoms. The molecule has 0 atom stereocenters. The Bertz CT molecular complexity index is 578. The molecule has 0 fully saturated rings. The van der Waals surface area contributed by atoms with Crippen molar-refractivity contribution in [3.8, 4) is 0 Å². The minimum Gasteiger partial charge on any atom is -0.352 e. The number of halogens is 1. The van der Waals surface area contributed by atoms with Gasteiger partial charge in [0.15, 0.2) is 0 Å². The zero-order chi connectivity index (χ0) is 18.1. The molecule has 6 nitrogen and oxygen atoms in total. The van der Waals surface area contributed by atoms with Crippen molar-refractivity contribution in [2.45, 2.75) is 19.9 Å². The van der Waals surface area contributed by atoms with Gasteiger partial charge < -0.3 is 15.5 Å². The van der Waals surface area contributed by atoms with Gasteiger partial charge in [-0.25, -0.2) is 4.39 Å². The van der Waals surface area contributed by atoms with Crippen LogP contribution in [0.5, 0.6) is 0 Å². The Morgan fingerprint density at radius 2 is 1.75 bits per heavy atom. The number of carbonyl (C=O) groups is 3. The summed E-state index contributed by atoms with van der Waals surface area (Å²) < 4.78 is 12.8. The Balaban J connectivity index is 2.27.